The highest BCUT2D eigenvalue weighted by molar-refractivity contribution is 7.89. The van der Waals surface area contributed by atoms with E-state index < -0.39 is 10.0 Å². The molecule has 2 amide bonds. The van der Waals surface area contributed by atoms with Gasteiger partial charge in [-0.25, -0.2) is 12.8 Å². The van der Waals surface area contributed by atoms with Crippen molar-refractivity contribution in [3.8, 4) is 0 Å². The van der Waals surface area contributed by atoms with Crippen LogP contribution in [0.15, 0.2) is 47.4 Å². The van der Waals surface area contributed by atoms with Crippen LogP contribution in [0.1, 0.15) is 29.3 Å². The topological polar surface area (TPSA) is 78.0 Å². The third-order valence-electron chi connectivity index (χ3n) is 5.81. The summed E-state index contributed by atoms with van der Waals surface area (Å²) in [5.41, 5.74) is 1.69. The van der Waals surface area contributed by atoms with Crippen molar-refractivity contribution in [1.82, 2.24) is 9.21 Å². The minimum atomic E-state index is -3.79. The Morgan fingerprint density at radius 2 is 1.71 bits per heavy atom. The van der Waals surface area contributed by atoms with Gasteiger partial charge in [0.05, 0.1) is 4.90 Å². The molecule has 164 valence electrons. The lowest BCUT2D eigenvalue weighted by molar-refractivity contribution is -0.129. The molecule has 2 aliphatic rings. The van der Waals surface area contributed by atoms with E-state index in [-0.39, 0.29) is 41.2 Å². The zero-order valence-electron chi connectivity index (χ0n) is 17.3. The molecule has 2 heterocycles. The number of piperazine rings is 1. The average Bonchev–Trinajstić information content (AvgIpc) is 2.78. The van der Waals surface area contributed by atoms with Crippen LogP contribution in [0, 0.1) is 5.82 Å². The summed E-state index contributed by atoms with van der Waals surface area (Å²) in [6, 6.07) is 10.4. The maximum absolute atomic E-state index is 13.6. The van der Waals surface area contributed by atoms with Crippen molar-refractivity contribution in [2.75, 3.05) is 37.6 Å². The predicted molar refractivity (Wildman–Crippen MR) is 114 cm³/mol. The van der Waals surface area contributed by atoms with E-state index in [2.05, 4.69) is 0 Å². The lowest BCUT2D eigenvalue weighted by atomic mass is 10.0. The van der Waals surface area contributed by atoms with Crippen LogP contribution in [0.2, 0.25) is 0 Å². The molecule has 0 N–H and O–H groups in total. The quantitative estimate of drug-likeness (QED) is 0.726. The summed E-state index contributed by atoms with van der Waals surface area (Å²) in [5, 5.41) is 0. The Morgan fingerprint density at radius 1 is 0.968 bits per heavy atom. The number of anilines is 1. The second-order valence-corrected chi connectivity index (χ2v) is 9.71. The number of sulfonamides is 1. The molecule has 0 atom stereocenters. The molecule has 1 saturated heterocycles. The molecule has 0 aliphatic carbocycles. The molecule has 31 heavy (non-hydrogen) atoms. The molecule has 0 radical (unpaired) electrons. The van der Waals surface area contributed by atoms with Gasteiger partial charge in [0, 0.05) is 50.9 Å². The molecular weight excluding hydrogens is 421 g/mol. The van der Waals surface area contributed by atoms with Crippen molar-refractivity contribution in [3.63, 3.8) is 0 Å². The first kappa shape index (κ1) is 21.5. The fraction of sp³-hybridized carbons (Fsp3) is 0.364. The van der Waals surface area contributed by atoms with E-state index in [9.17, 15) is 22.4 Å². The first-order valence-electron chi connectivity index (χ1n) is 10.2. The van der Waals surface area contributed by atoms with Crippen molar-refractivity contribution in [2.24, 2.45) is 0 Å². The molecule has 0 bridgehead atoms. The van der Waals surface area contributed by atoms with Gasteiger partial charge >= 0.3 is 0 Å². The number of fused-ring (bicyclic) bond motifs is 1. The highest BCUT2D eigenvalue weighted by atomic mass is 32.2. The van der Waals surface area contributed by atoms with E-state index in [4.69, 9.17) is 0 Å². The normalized spacial score (nSPS) is 17.4. The summed E-state index contributed by atoms with van der Waals surface area (Å²) in [4.78, 5) is 27.9. The van der Waals surface area contributed by atoms with Crippen LogP contribution in [-0.4, -0.2) is 62.2 Å². The zero-order valence-corrected chi connectivity index (χ0v) is 18.1. The Bertz CT molecular complexity index is 1130. The average molecular weight is 446 g/mol. The van der Waals surface area contributed by atoms with Crippen LogP contribution in [0.4, 0.5) is 10.1 Å². The number of halogens is 1. The maximum atomic E-state index is 13.6. The smallest absolute Gasteiger partial charge is 0.258 e. The number of carbonyl (C=O) groups is 2. The van der Waals surface area contributed by atoms with E-state index in [0.29, 0.717) is 38.2 Å². The molecule has 0 saturated carbocycles. The van der Waals surface area contributed by atoms with Gasteiger partial charge in [-0.3, -0.25) is 9.59 Å². The number of amides is 2. The third kappa shape index (κ3) is 4.20. The second-order valence-electron chi connectivity index (χ2n) is 7.77. The molecule has 7 nitrogen and oxygen atoms in total. The molecule has 0 unspecified atom stereocenters. The van der Waals surface area contributed by atoms with Crippen molar-refractivity contribution in [1.29, 1.82) is 0 Å². The Balaban J connectivity index is 1.58. The third-order valence-corrected chi connectivity index (χ3v) is 7.70. The Hall–Kier alpha value is -2.78. The molecule has 2 aromatic carbocycles. The van der Waals surface area contributed by atoms with E-state index in [0.717, 1.165) is 5.56 Å². The fourth-order valence-electron chi connectivity index (χ4n) is 4.11. The summed E-state index contributed by atoms with van der Waals surface area (Å²) in [6.45, 7) is 3.06. The van der Waals surface area contributed by atoms with Gasteiger partial charge in [-0.1, -0.05) is 6.07 Å². The SMILES string of the molecule is CC(=O)N1CCN(S(=O)(=O)c2cccc(C(=O)N3CCCc4cc(F)ccc43)c2)CC1. The minimum absolute atomic E-state index is 0.0472. The highest BCUT2D eigenvalue weighted by Crippen LogP contribution is 2.29. The lowest BCUT2D eigenvalue weighted by Gasteiger charge is -2.33. The van der Waals surface area contributed by atoms with Crippen molar-refractivity contribution < 1.29 is 22.4 Å². The molecule has 2 aromatic rings. The monoisotopic (exact) mass is 445 g/mol. The lowest BCUT2D eigenvalue weighted by Crippen LogP contribution is -2.49. The van der Waals surface area contributed by atoms with Gasteiger partial charge in [-0.2, -0.15) is 4.31 Å². The maximum Gasteiger partial charge on any atom is 0.258 e. The van der Waals surface area contributed by atoms with Gasteiger partial charge in [0.2, 0.25) is 15.9 Å². The molecule has 4 rings (SSSR count). The number of aryl methyl sites for hydroxylation is 1. The number of rotatable bonds is 3. The number of hydrogen-bond donors (Lipinski definition) is 0. The Kier molecular flexibility index (Phi) is 5.81. The van der Waals surface area contributed by atoms with Gasteiger partial charge < -0.3 is 9.80 Å². The van der Waals surface area contributed by atoms with Crippen LogP contribution < -0.4 is 4.90 Å². The first-order valence-corrected chi connectivity index (χ1v) is 11.7. The van der Waals surface area contributed by atoms with Gasteiger partial charge in [0.1, 0.15) is 5.82 Å². The number of benzene rings is 2. The Morgan fingerprint density at radius 3 is 2.42 bits per heavy atom. The largest absolute Gasteiger partial charge is 0.340 e. The summed E-state index contributed by atoms with van der Waals surface area (Å²) in [5.74, 6) is -0.733. The number of carbonyl (C=O) groups excluding carboxylic acids is 2. The van der Waals surface area contributed by atoms with Crippen molar-refractivity contribution in [3.05, 3.63) is 59.4 Å². The van der Waals surface area contributed by atoms with Crippen molar-refractivity contribution >= 4 is 27.5 Å². The van der Waals surface area contributed by atoms with E-state index in [1.165, 1.54) is 35.5 Å². The number of nitrogens with zero attached hydrogens (tertiary/aromatic N) is 3. The van der Waals surface area contributed by atoms with Gasteiger partial charge in [-0.15, -0.1) is 0 Å². The fourth-order valence-corrected chi connectivity index (χ4v) is 5.58. The standard InChI is InChI=1S/C22H24FN3O4S/c1-16(27)24-10-12-25(13-11-24)31(29,30)20-6-2-4-18(15-20)22(28)26-9-3-5-17-14-19(23)7-8-21(17)26/h2,4,6-8,14-15H,3,5,9-13H2,1H3. The van der Waals surface area contributed by atoms with Crippen LogP contribution in [0.25, 0.3) is 0 Å². The zero-order chi connectivity index (χ0) is 22.2. The van der Waals surface area contributed by atoms with Gasteiger partial charge in [0.15, 0.2) is 0 Å². The van der Waals surface area contributed by atoms with E-state index in [1.807, 2.05) is 0 Å². The summed E-state index contributed by atoms with van der Waals surface area (Å²) in [6.07, 6.45) is 1.40. The molecule has 0 aromatic heterocycles. The van der Waals surface area contributed by atoms with Crippen molar-refractivity contribution in [2.45, 2.75) is 24.7 Å². The molecule has 0 spiro atoms. The number of hydrogen-bond acceptors (Lipinski definition) is 4. The first-order chi connectivity index (χ1) is 14.8. The second kappa shape index (κ2) is 8.39. The van der Waals surface area contributed by atoms with Crippen LogP contribution >= 0.6 is 0 Å². The Labute approximate surface area is 181 Å². The van der Waals surface area contributed by atoms with Gasteiger partial charge in [-0.05, 0) is 54.8 Å². The summed E-state index contributed by atoms with van der Waals surface area (Å²) in [7, 11) is -3.79. The molecule has 2 aliphatic heterocycles. The molecule has 1 fully saturated rings. The van der Waals surface area contributed by atoms with E-state index >= 15 is 0 Å². The van der Waals surface area contributed by atoms with Crippen LogP contribution in [0.3, 0.4) is 0 Å². The van der Waals surface area contributed by atoms with Gasteiger partial charge in [0.25, 0.3) is 5.91 Å². The summed E-state index contributed by atoms with van der Waals surface area (Å²) < 4.78 is 41.1. The predicted octanol–water partition coefficient (Wildman–Crippen LogP) is 2.27. The molecule has 9 heteroatoms. The summed E-state index contributed by atoms with van der Waals surface area (Å²) >= 11 is 0. The van der Waals surface area contributed by atoms with E-state index in [1.54, 1.807) is 28.0 Å². The van der Waals surface area contributed by atoms with Crippen LogP contribution in [-0.2, 0) is 21.2 Å². The van der Waals surface area contributed by atoms with Crippen LogP contribution in [0.5, 0.6) is 0 Å². The highest BCUT2D eigenvalue weighted by Gasteiger charge is 2.30. The minimum Gasteiger partial charge on any atom is -0.340 e. The molecular formula is C22H24FN3O4S.